The van der Waals surface area contributed by atoms with Gasteiger partial charge >= 0.3 is 0 Å². The third-order valence-electron chi connectivity index (χ3n) is 4.28. The summed E-state index contributed by atoms with van der Waals surface area (Å²) >= 11 is 0. The highest BCUT2D eigenvalue weighted by Crippen LogP contribution is 2.32. The van der Waals surface area contributed by atoms with Crippen LogP contribution in [0.25, 0.3) is 11.4 Å². The van der Waals surface area contributed by atoms with Gasteiger partial charge < -0.3 is 20.1 Å². The Morgan fingerprint density at radius 3 is 2.83 bits per heavy atom. The molecule has 4 rings (SSSR count). The number of guanidine groups is 1. The summed E-state index contributed by atoms with van der Waals surface area (Å²) in [6.45, 7) is 4.30. The van der Waals surface area contributed by atoms with Crippen LogP contribution in [-0.2, 0) is 13.1 Å². The Bertz CT molecular complexity index is 961. The number of aliphatic imine (C=N–C) groups is 1. The predicted octanol–water partition coefficient (Wildman–Crippen LogP) is 3.07. The van der Waals surface area contributed by atoms with E-state index in [4.69, 9.17) is 9.47 Å². The summed E-state index contributed by atoms with van der Waals surface area (Å²) in [5.41, 5.74) is 3.18. The van der Waals surface area contributed by atoms with Crippen LogP contribution in [0.2, 0.25) is 0 Å². The molecule has 1 aromatic heterocycles. The fourth-order valence-electron chi connectivity index (χ4n) is 2.91. The Morgan fingerprint density at radius 2 is 2.00 bits per heavy atom. The average Bonchev–Trinajstić information content (AvgIpc) is 3.42. The van der Waals surface area contributed by atoms with Crippen LogP contribution in [0, 0.1) is 0 Å². The molecular weight excluding hydrogens is 483 g/mol. The van der Waals surface area contributed by atoms with Gasteiger partial charge in [-0.1, -0.05) is 24.3 Å². The maximum atomic E-state index is 5.43. The Kier molecular flexibility index (Phi) is 7.28. The van der Waals surface area contributed by atoms with Gasteiger partial charge in [0.25, 0.3) is 0 Å². The SMILES string of the molecule is CCNC(=NCc1cccc(-c2ncn[nH]2)c1)NCc1ccc2c(c1)OCO2.I. The Hall–Kier alpha value is -2.82. The first-order chi connectivity index (χ1) is 13.8. The molecule has 0 spiro atoms. The molecule has 1 aliphatic rings. The van der Waals surface area contributed by atoms with Crippen molar-refractivity contribution in [1.29, 1.82) is 0 Å². The van der Waals surface area contributed by atoms with Gasteiger partial charge in [-0.15, -0.1) is 24.0 Å². The standard InChI is InChI=1S/C20H22N6O2.HI/c1-2-21-20(23-11-15-6-7-17-18(9-15)28-13-27-17)22-10-14-4-3-5-16(8-14)19-24-12-25-26-19;/h3-9,12H,2,10-11,13H2,1H3,(H2,21,22,23)(H,24,25,26);1H. The van der Waals surface area contributed by atoms with E-state index in [0.717, 1.165) is 46.5 Å². The molecule has 3 N–H and O–H groups in total. The second kappa shape index (κ2) is 10.1. The van der Waals surface area contributed by atoms with E-state index in [9.17, 15) is 0 Å². The quantitative estimate of drug-likeness (QED) is 0.270. The number of rotatable bonds is 6. The van der Waals surface area contributed by atoms with Crippen molar-refractivity contribution in [2.24, 2.45) is 4.99 Å². The van der Waals surface area contributed by atoms with Gasteiger partial charge in [0, 0.05) is 18.7 Å². The third-order valence-corrected chi connectivity index (χ3v) is 4.28. The topological polar surface area (TPSA) is 96.5 Å². The molecule has 0 saturated carbocycles. The zero-order valence-corrected chi connectivity index (χ0v) is 18.3. The highest BCUT2D eigenvalue weighted by molar-refractivity contribution is 14.0. The molecule has 0 radical (unpaired) electrons. The van der Waals surface area contributed by atoms with E-state index in [1.165, 1.54) is 6.33 Å². The molecule has 152 valence electrons. The molecule has 8 nitrogen and oxygen atoms in total. The minimum absolute atomic E-state index is 0. The van der Waals surface area contributed by atoms with Crippen molar-refractivity contribution in [1.82, 2.24) is 25.8 Å². The number of halogens is 1. The number of ether oxygens (including phenoxy) is 2. The van der Waals surface area contributed by atoms with Crippen LogP contribution in [0.4, 0.5) is 0 Å². The number of nitrogens with one attached hydrogen (secondary N) is 3. The van der Waals surface area contributed by atoms with Crippen molar-refractivity contribution < 1.29 is 9.47 Å². The number of aromatic nitrogens is 3. The Morgan fingerprint density at radius 1 is 1.10 bits per heavy atom. The zero-order chi connectivity index (χ0) is 19.2. The number of nitrogens with zero attached hydrogens (tertiary/aromatic N) is 3. The molecule has 0 unspecified atom stereocenters. The van der Waals surface area contributed by atoms with Crippen LogP contribution in [0.5, 0.6) is 11.5 Å². The van der Waals surface area contributed by atoms with E-state index in [0.29, 0.717) is 13.1 Å². The zero-order valence-electron chi connectivity index (χ0n) is 16.0. The summed E-state index contributed by atoms with van der Waals surface area (Å²) < 4.78 is 10.8. The highest BCUT2D eigenvalue weighted by Gasteiger charge is 2.13. The van der Waals surface area contributed by atoms with Gasteiger partial charge in [0.15, 0.2) is 23.3 Å². The van der Waals surface area contributed by atoms with Crippen molar-refractivity contribution in [3.63, 3.8) is 0 Å². The molecule has 2 heterocycles. The molecule has 1 aliphatic heterocycles. The maximum absolute atomic E-state index is 5.43. The molecule has 0 bridgehead atoms. The van der Waals surface area contributed by atoms with Crippen molar-refractivity contribution in [3.05, 3.63) is 59.9 Å². The highest BCUT2D eigenvalue weighted by atomic mass is 127. The Labute approximate surface area is 186 Å². The molecule has 0 fully saturated rings. The molecule has 2 aromatic carbocycles. The second-order valence-corrected chi connectivity index (χ2v) is 6.27. The summed E-state index contributed by atoms with van der Waals surface area (Å²) in [4.78, 5) is 8.88. The van der Waals surface area contributed by atoms with Crippen LogP contribution in [-0.4, -0.2) is 34.5 Å². The summed E-state index contributed by atoms with van der Waals surface area (Å²) in [6.07, 6.45) is 1.50. The first kappa shape index (κ1) is 20.9. The third kappa shape index (κ3) is 5.37. The van der Waals surface area contributed by atoms with Gasteiger partial charge in [-0.2, -0.15) is 5.10 Å². The van der Waals surface area contributed by atoms with E-state index < -0.39 is 0 Å². The maximum Gasteiger partial charge on any atom is 0.231 e. The van der Waals surface area contributed by atoms with Gasteiger partial charge in [0.1, 0.15) is 6.33 Å². The molecule has 0 aliphatic carbocycles. The van der Waals surface area contributed by atoms with Crippen molar-refractivity contribution >= 4 is 29.9 Å². The smallest absolute Gasteiger partial charge is 0.231 e. The monoisotopic (exact) mass is 506 g/mol. The minimum atomic E-state index is 0. The lowest BCUT2D eigenvalue weighted by atomic mass is 10.1. The fraction of sp³-hybridized carbons (Fsp3) is 0.250. The Balaban J connectivity index is 0.00000240. The molecule has 29 heavy (non-hydrogen) atoms. The molecule has 9 heteroatoms. The summed E-state index contributed by atoms with van der Waals surface area (Å²) in [6, 6.07) is 14.0. The first-order valence-corrected chi connectivity index (χ1v) is 9.17. The van der Waals surface area contributed by atoms with E-state index in [2.05, 4.69) is 36.9 Å². The lowest BCUT2D eigenvalue weighted by Crippen LogP contribution is -2.36. The summed E-state index contributed by atoms with van der Waals surface area (Å²) in [5.74, 6) is 3.07. The van der Waals surface area contributed by atoms with E-state index >= 15 is 0 Å². The first-order valence-electron chi connectivity index (χ1n) is 9.17. The van der Waals surface area contributed by atoms with Crippen molar-refractivity contribution in [3.8, 4) is 22.9 Å². The van der Waals surface area contributed by atoms with Crippen LogP contribution in [0.15, 0.2) is 53.8 Å². The van der Waals surface area contributed by atoms with Crippen molar-refractivity contribution in [2.45, 2.75) is 20.0 Å². The van der Waals surface area contributed by atoms with Gasteiger partial charge in [-0.05, 0) is 36.2 Å². The largest absolute Gasteiger partial charge is 0.454 e. The van der Waals surface area contributed by atoms with Gasteiger partial charge in [-0.3, -0.25) is 5.10 Å². The van der Waals surface area contributed by atoms with E-state index in [-0.39, 0.29) is 30.8 Å². The van der Waals surface area contributed by atoms with E-state index in [1.807, 2.05) is 43.3 Å². The molecule has 0 amide bonds. The number of H-pyrrole nitrogens is 1. The van der Waals surface area contributed by atoms with Crippen LogP contribution < -0.4 is 20.1 Å². The van der Waals surface area contributed by atoms with Crippen LogP contribution in [0.3, 0.4) is 0 Å². The molecule has 0 saturated heterocycles. The van der Waals surface area contributed by atoms with Gasteiger partial charge in [-0.25, -0.2) is 9.98 Å². The molecule has 0 atom stereocenters. The van der Waals surface area contributed by atoms with E-state index in [1.54, 1.807) is 0 Å². The van der Waals surface area contributed by atoms with Gasteiger partial charge in [0.05, 0.1) is 6.54 Å². The lowest BCUT2D eigenvalue weighted by Gasteiger charge is -2.12. The second-order valence-electron chi connectivity index (χ2n) is 6.27. The normalized spacial score (nSPS) is 12.4. The summed E-state index contributed by atoms with van der Waals surface area (Å²) in [5, 5.41) is 13.4. The number of benzene rings is 2. The lowest BCUT2D eigenvalue weighted by molar-refractivity contribution is 0.174. The van der Waals surface area contributed by atoms with Gasteiger partial charge in [0.2, 0.25) is 6.79 Å². The van der Waals surface area contributed by atoms with Crippen LogP contribution in [0.1, 0.15) is 18.1 Å². The molecular formula is C20H23IN6O2. The fourth-order valence-corrected chi connectivity index (χ4v) is 2.91. The molecule has 3 aromatic rings. The van der Waals surface area contributed by atoms with Crippen LogP contribution >= 0.6 is 24.0 Å². The predicted molar refractivity (Wildman–Crippen MR) is 121 cm³/mol. The average molecular weight is 506 g/mol. The number of fused-ring (bicyclic) bond motifs is 1. The number of aromatic amines is 1. The number of hydrogen-bond donors (Lipinski definition) is 3. The minimum Gasteiger partial charge on any atom is -0.454 e. The van der Waals surface area contributed by atoms with Crippen molar-refractivity contribution in [2.75, 3.05) is 13.3 Å². The number of hydrogen-bond acceptors (Lipinski definition) is 5. The summed E-state index contributed by atoms with van der Waals surface area (Å²) in [7, 11) is 0.